The Morgan fingerprint density at radius 1 is 1.29 bits per heavy atom. The molecule has 1 amide bonds. The van der Waals surface area contributed by atoms with Crippen LogP contribution in [0.2, 0.25) is 0 Å². The minimum atomic E-state index is -3.16. The number of nitrogens with one attached hydrogen (secondary N) is 2. The number of sulfonamides is 1. The van der Waals surface area contributed by atoms with Crippen molar-refractivity contribution in [2.24, 2.45) is 5.41 Å². The van der Waals surface area contributed by atoms with E-state index in [1.165, 1.54) is 6.26 Å². The molecule has 1 aliphatic heterocycles. The molecule has 2 N–H and O–H groups in total. The van der Waals surface area contributed by atoms with Gasteiger partial charge in [-0.25, -0.2) is 13.1 Å². The number of hydrogen-bond acceptors (Lipinski definition) is 3. The summed E-state index contributed by atoms with van der Waals surface area (Å²) in [6.45, 7) is 1.36. The molecular formula is C17H21N3O3S. The first-order valence-corrected chi connectivity index (χ1v) is 10.1. The van der Waals surface area contributed by atoms with Gasteiger partial charge in [-0.1, -0.05) is 18.2 Å². The minimum absolute atomic E-state index is 0.0397. The van der Waals surface area contributed by atoms with E-state index in [9.17, 15) is 13.2 Å². The zero-order valence-electron chi connectivity index (χ0n) is 13.6. The summed E-state index contributed by atoms with van der Waals surface area (Å²) >= 11 is 0. The van der Waals surface area contributed by atoms with Crippen LogP contribution in [-0.2, 0) is 10.0 Å². The molecule has 1 saturated heterocycles. The van der Waals surface area contributed by atoms with Crippen molar-refractivity contribution in [3.63, 3.8) is 0 Å². The molecule has 2 aliphatic rings. The van der Waals surface area contributed by atoms with E-state index >= 15 is 0 Å². The van der Waals surface area contributed by atoms with E-state index in [1.807, 2.05) is 29.2 Å². The maximum atomic E-state index is 12.8. The molecule has 7 heteroatoms. The van der Waals surface area contributed by atoms with Crippen LogP contribution in [0.25, 0.3) is 10.9 Å². The molecule has 1 aliphatic carbocycles. The quantitative estimate of drug-likeness (QED) is 0.887. The minimum Gasteiger partial charge on any atom is -0.360 e. The van der Waals surface area contributed by atoms with Gasteiger partial charge < -0.3 is 9.88 Å². The molecule has 1 atom stereocenters. The van der Waals surface area contributed by atoms with Gasteiger partial charge in [0, 0.05) is 36.2 Å². The highest BCUT2D eigenvalue weighted by Crippen LogP contribution is 2.54. The highest BCUT2D eigenvalue weighted by atomic mass is 32.2. The number of amides is 1. The predicted octanol–water partition coefficient (Wildman–Crippen LogP) is 1.71. The third-order valence-corrected chi connectivity index (χ3v) is 6.12. The number of aromatic nitrogens is 1. The molecular weight excluding hydrogens is 326 g/mol. The van der Waals surface area contributed by atoms with E-state index in [0.717, 1.165) is 30.2 Å². The van der Waals surface area contributed by atoms with Crippen LogP contribution in [0.4, 0.5) is 0 Å². The standard InChI is InChI=1S/C17H21N3O3S/c1-24(22,23)19-15-10-17(15)6-8-20(9-7-17)16(21)13-11-18-14-5-3-2-4-12(13)14/h2-5,11,15,18-19H,6-10H2,1H3/t15-/m0/s1. The first-order valence-electron chi connectivity index (χ1n) is 8.21. The van der Waals surface area contributed by atoms with Crippen LogP contribution < -0.4 is 4.72 Å². The summed E-state index contributed by atoms with van der Waals surface area (Å²) in [5.74, 6) is 0.0515. The van der Waals surface area contributed by atoms with Gasteiger partial charge >= 0.3 is 0 Å². The molecule has 2 aromatic rings. The lowest BCUT2D eigenvalue weighted by Gasteiger charge is -2.32. The Morgan fingerprint density at radius 2 is 2.00 bits per heavy atom. The molecule has 1 spiro atoms. The second-order valence-corrected chi connectivity index (χ2v) is 8.83. The number of likely N-dealkylation sites (tertiary alicyclic amines) is 1. The van der Waals surface area contributed by atoms with E-state index in [0.29, 0.717) is 18.7 Å². The number of hydrogen-bond donors (Lipinski definition) is 2. The van der Waals surface area contributed by atoms with Crippen molar-refractivity contribution < 1.29 is 13.2 Å². The van der Waals surface area contributed by atoms with Crippen LogP contribution in [0.5, 0.6) is 0 Å². The fourth-order valence-electron chi connectivity index (χ4n) is 3.90. The molecule has 0 bridgehead atoms. The molecule has 1 aromatic carbocycles. The maximum absolute atomic E-state index is 12.8. The largest absolute Gasteiger partial charge is 0.360 e. The lowest BCUT2D eigenvalue weighted by atomic mass is 9.92. The van der Waals surface area contributed by atoms with E-state index < -0.39 is 10.0 Å². The van der Waals surface area contributed by atoms with Gasteiger partial charge in [0.2, 0.25) is 10.0 Å². The third-order valence-electron chi connectivity index (χ3n) is 5.41. The monoisotopic (exact) mass is 347 g/mol. The van der Waals surface area contributed by atoms with E-state index in [-0.39, 0.29) is 17.4 Å². The van der Waals surface area contributed by atoms with Crippen molar-refractivity contribution in [3.8, 4) is 0 Å². The number of benzene rings is 1. The lowest BCUT2D eigenvalue weighted by Crippen LogP contribution is -2.41. The van der Waals surface area contributed by atoms with Gasteiger partial charge in [-0.2, -0.15) is 0 Å². The summed E-state index contributed by atoms with van der Waals surface area (Å²) in [5.41, 5.74) is 1.73. The van der Waals surface area contributed by atoms with Crippen LogP contribution in [0.1, 0.15) is 29.6 Å². The first-order chi connectivity index (χ1) is 11.4. The number of carbonyl (C=O) groups excluding carboxylic acids is 1. The van der Waals surface area contributed by atoms with Gasteiger partial charge in [-0.05, 0) is 30.7 Å². The van der Waals surface area contributed by atoms with Crippen LogP contribution in [0, 0.1) is 5.41 Å². The van der Waals surface area contributed by atoms with E-state index in [1.54, 1.807) is 6.20 Å². The van der Waals surface area contributed by atoms with Crippen LogP contribution in [0.3, 0.4) is 0 Å². The number of fused-ring (bicyclic) bond motifs is 1. The van der Waals surface area contributed by atoms with E-state index in [2.05, 4.69) is 9.71 Å². The molecule has 6 nitrogen and oxygen atoms in total. The van der Waals surface area contributed by atoms with Crippen LogP contribution in [-0.4, -0.2) is 49.6 Å². The number of rotatable bonds is 3. The Hall–Kier alpha value is -1.86. The summed E-state index contributed by atoms with van der Waals surface area (Å²) in [6, 6.07) is 7.84. The fraction of sp³-hybridized carbons (Fsp3) is 0.471. The first kappa shape index (κ1) is 15.7. The van der Waals surface area contributed by atoms with Crippen molar-refractivity contribution in [2.45, 2.75) is 25.3 Å². The molecule has 2 heterocycles. The Bertz CT molecular complexity index is 895. The average Bonchev–Trinajstić information content (AvgIpc) is 3.00. The number of nitrogens with zero attached hydrogens (tertiary/aromatic N) is 1. The smallest absolute Gasteiger partial charge is 0.256 e. The van der Waals surface area contributed by atoms with Gasteiger partial charge in [-0.15, -0.1) is 0 Å². The molecule has 1 aromatic heterocycles. The SMILES string of the molecule is CS(=O)(=O)N[C@H]1CC12CCN(C(=O)c1c[nH]c3ccccc13)CC2. The topological polar surface area (TPSA) is 82.3 Å². The highest BCUT2D eigenvalue weighted by Gasteiger charge is 2.56. The zero-order chi connectivity index (χ0) is 16.9. The Kier molecular flexibility index (Phi) is 3.47. The molecule has 0 radical (unpaired) electrons. The zero-order valence-corrected chi connectivity index (χ0v) is 14.4. The second-order valence-electron chi connectivity index (χ2n) is 7.05. The summed E-state index contributed by atoms with van der Waals surface area (Å²) in [7, 11) is -3.16. The van der Waals surface area contributed by atoms with Crippen LogP contribution >= 0.6 is 0 Å². The second kappa shape index (κ2) is 5.32. The van der Waals surface area contributed by atoms with Gasteiger partial charge in [0.05, 0.1) is 11.8 Å². The lowest BCUT2D eigenvalue weighted by molar-refractivity contribution is 0.0676. The summed E-state index contributed by atoms with van der Waals surface area (Å²) in [4.78, 5) is 17.8. The third kappa shape index (κ3) is 2.71. The summed E-state index contributed by atoms with van der Waals surface area (Å²) in [5, 5.41) is 0.950. The van der Waals surface area contributed by atoms with Gasteiger partial charge in [0.25, 0.3) is 5.91 Å². The van der Waals surface area contributed by atoms with Gasteiger partial charge in [0.1, 0.15) is 0 Å². The van der Waals surface area contributed by atoms with Crippen molar-refractivity contribution in [1.29, 1.82) is 0 Å². The number of carbonyl (C=O) groups is 1. The Morgan fingerprint density at radius 3 is 2.71 bits per heavy atom. The van der Waals surface area contributed by atoms with Gasteiger partial charge in [-0.3, -0.25) is 4.79 Å². The van der Waals surface area contributed by atoms with Gasteiger partial charge in [0.15, 0.2) is 0 Å². The van der Waals surface area contributed by atoms with E-state index in [4.69, 9.17) is 0 Å². The van der Waals surface area contributed by atoms with Crippen molar-refractivity contribution in [1.82, 2.24) is 14.6 Å². The molecule has 24 heavy (non-hydrogen) atoms. The molecule has 4 rings (SSSR count). The van der Waals surface area contributed by atoms with Crippen LogP contribution in [0.15, 0.2) is 30.5 Å². The Labute approximate surface area is 141 Å². The molecule has 128 valence electrons. The average molecular weight is 347 g/mol. The fourth-order valence-corrected chi connectivity index (χ4v) is 4.75. The summed E-state index contributed by atoms with van der Waals surface area (Å²) in [6.07, 6.45) is 5.58. The number of para-hydroxylation sites is 1. The normalized spacial score (nSPS) is 22.9. The highest BCUT2D eigenvalue weighted by molar-refractivity contribution is 7.88. The molecule has 0 unspecified atom stereocenters. The number of aromatic amines is 1. The Balaban J connectivity index is 1.44. The summed E-state index contributed by atoms with van der Waals surface area (Å²) < 4.78 is 25.5. The number of piperidine rings is 1. The van der Waals surface area contributed by atoms with Crippen molar-refractivity contribution >= 4 is 26.8 Å². The van der Waals surface area contributed by atoms with Crippen molar-refractivity contribution in [3.05, 3.63) is 36.0 Å². The number of H-pyrrole nitrogens is 1. The predicted molar refractivity (Wildman–Crippen MR) is 92.3 cm³/mol. The molecule has 1 saturated carbocycles. The molecule has 2 fully saturated rings. The van der Waals surface area contributed by atoms with Crippen molar-refractivity contribution in [2.75, 3.05) is 19.3 Å². The maximum Gasteiger partial charge on any atom is 0.256 e.